The number of nitrogens with one attached hydrogen (secondary N) is 1. The zero-order valence-electron chi connectivity index (χ0n) is 14.6. The van der Waals surface area contributed by atoms with Crippen molar-refractivity contribution >= 4 is 43.6 Å². The molecule has 0 spiro atoms. The summed E-state index contributed by atoms with van der Waals surface area (Å²) in [5, 5.41) is 1.58. The molecule has 0 aliphatic carbocycles. The summed E-state index contributed by atoms with van der Waals surface area (Å²) in [5.74, 6) is -0.904. The number of esters is 1. The van der Waals surface area contributed by atoms with E-state index in [4.69, 9.17) is 10.2 Å². The number of nitrogens with two attached hydrogens (primary N) is 1. The van der Waals surface area contributed by atoms with Gasteiger partial charge in [0.15, 0.2) is 0 Å². The molecule has 0 fully saturated rings. The maximum atomic E-state index is 12.7. The summed E-state index contributed by atoms with van der Waals surface area (Å²) < 4.78 is 38.2. The molecular weight excluding hydrogens is 356 g/mol. The van der Waals surface area contributed by atoms with Crippen LogP contribution in [0.15, 0.2) is 45.7 Å². The smallest absolute Gasteiger partial charge is 0.324 e. The van der Waals surface area contributed by atoms with Crippen LogP contribution < -0.4 is 10.5 Å². The predicted molar refractivity (Wildman–Crippen MR) is 99.1 cm³/mol. The van der Waals surface area contributed by atoms with E-state index < -0.39 is 22.0 Å². The summed E-state index contributed by atoms with van der Waals surface area (Å²) in [4.78, 5) is 11.9. The average Bonchev–Trinajstić information content (AvgIpc) is 2.96. The molecule has 1 heterocycles. The Labute approximate surface area is 151 Å². The third-order valence-corrected chi connectivity index (χ3v) is 5.62. The van der Waals surface area contributed by atoms with Crippen molar-refractivity contribution in [1.29, 1.82) is 0 Å². The van der Waals surface area contributed by atoms with Crippen molar-refractivity contribution in [2.75, 3.05) is 12.8 Å². The van der Waals surface area contributed by atoms with Crippen molar-refractivity contribution in [3.63, 3.8) is 0 Å². The second-order valence-electron chi connectivity index (χ2n) is 6.38. The fourth-order valence-corrected chi connectivity index (χ4v) is 4.11. The van der Waals surface area contributed by atoms with Crippen LogP contribution in [0.3, 0.4) is 0 Å². The van der Waals surface area contributed by atoms with Crippen molar-refractivity contribution in [1.82, 2.24) is 4.72 Å². The lowest BCUT2D eigenvalue weighted by Gasteiger charge is -2.19. The molecule has 2 aromatic carbocycles. The maximum absolute atomic E-state index is 12.7. The molecule has 0 saturated carbocycles. The fourth-order valence-electron chi connectivity index (χ4n) is 2.76. The Morgan fingerprint density at radius 3 is 2.50 bits per heavy atom. The summed E-state index contributed by atoms with van der Waals surface area (Å²) in [6, 6.07) is 8.82. The van der Waals surface area contributed by atoms with Gasteiger partial charge in [0.25, 0.3) is 0 Å². The molecule has 7 nitrogen and oxygen atoms in total. The molecule has 0 unspecified atom stereocenters. The second kappa shape index (κ2) is 6.62. The summed E-state index contributed by atoms with van der Waals surface area (Å²) in [6.45, 7) is 3.47. The van der Waals surface area contributed by atoms with E-state index in [1.54, 1.807) is 38.1 Å². The lowest BCUT2D eigenvalue weighted by Crippen LogP contribution is -2.44. The summed E-state index contributed by atoms with van der Waals surface area (Å²) in [6.07, 6.45) is 0. The van der Waals surface area contributed by atoms with Crippen molar-refractivity contribution < 1.29 is 22.4 Å². The molecule has 138 valence electrons. The Kier molecular flexibility index (Phi) is 4.64. The first-order valence-electron chi connectivity index (χ1n) is 8.05. The van der Waals surface area contributed by atoms with E-state index in [1.807, 2.05) is 0 Å². The lowest BCUT2D eigenvalue weighted by molar-refractivity contribution is -0.143. The highest BCUT2D eigenvalue weighted by atomic mass is 32.2. The Morgan fingerprint density at radius 1 is 1.12 bits per heavy atom. The molecule has 0 saturated heterocycles. The van der Waals surface area contributed by atoms with E-state index in [9.17, 15) is 13.2 Å². The van der Waals surface area contributed by atoms with E-state index in [-0.39, 0.29) is 10.8 Å². The van der Waals surface area contributed by atoms with Gasteiger partial charge in [0.05, 0.1) is 12.0 Å². The Morgan fingerprint density at radius 2 is 1.85 bits per heavy atom. The normalized spacial score (nSPS) is 13.4. The number of fused-ring (bicyclic) bond motifs is 3. The highest BCUT2D eigenvalue weighted by Gasteiger charge is 2.29. The molecule has 0 aliphatic rings. The molecule has 0 amide bonds. The average molecular weight is 376 g/mol. The largest absolute Gasteiger partial charge is 0.468 e. The number of benzene rings is 2. The first-order valence-corrected chi connectivity index (χ1v) is 9.53. The van der Waals surface area contributed by atoms with Crippen molar-refractivity contribution in [3.8, 4) is 0 Å². The monoisotopic (exact) mass is 376 g/mol. The van der Waals surface area contributed by atoms with Gasteiger partial charge in [-0.25, -0.2) is 8.42 Å². The number of hydrogen-bond donors (Lipinski definition) is 2. The Hall–Kier alpha value is -2.58. The van der Waals surface area contributed by atoms with Crippen LogP contribution in [-0.4, -0.2) is 27.5 Å². The minimum atomic E-state index is -3.93. The van der Waals surface area contributed by atoms with Crippen LogP contribution in [0.25, 0.3) is 21.9 Å². The van der Waals surface area contributed by atoms with Gasteiger partial charge in [0, 0.05) is 22.5 Å². The number of rotatable bonds is 5. The van der Waals surface area contributed by atoms with Crippen molar-refractivity contribution in [3.05, 3.63) is 36.4 Å². The number of hydrogen-bond acceptors (Lipinski definition) is 6. The first kappa shape index (κ1) is 18.2. The summed E-state index contributed by atoms with van der Waals surface area (Å²) in [5.41, 5.74) is 7.44. The molecule has 3 rings (SSSR count). The number of anilines is 1. The SMILES string of the molecule is COC(=O)[C@@H](NS(=O)(=O)c1ccc2c(c1)oc1ccc(N)cc12)C(C)C. The van der Waals surface area contributed by atoms with Gasteiger partial charge in [-0.05, 0) is 36.2 Å². The highest BCUT2D eigenvalue weighted by molar-refractivity contribution is 7.89. The van der Waals surface area contributed by atoms with E-state index >= 15 is 0 Å². The summed E-state index contributed by atoms with van der Waals surface area (Å²) in [7, 11) is -2.71. The van der Waals surface area contributed by atoms with Crippen LogP contribution in [0.1, 0.15) is 13.8 Å². The van der Waals surface area contributed by atoms with Gasteiger partial charge in [0.1, 0.15) is 17.2 Å². The van der Waals surface area contributed by atoms with Gasteiger partial charge in [-0.15, -0.1) is 0 Å². The Bertz CT molecular complexity index is 1090. The fraction of sp³-hybridized carbons (Fsp3) is 0.278. The zero-order chi connectivity index (χ0) is 19.1. The van der Waals surface area contributed by atoms with Crippen molar-refractivity contribution in [2.24, 2.45) is 5.92 Å². The highest BCUT2D eigenvalue weighted by Crippen LogP contribution is 2.31. The number of nitrogen functional groups attached to an aromatic ring is 1. The van der Waals surface area contributed by atoms with Crippen LogP contribution in [0.4, 0.5) is 5.69 Å². The quantitative estimate of drug-likeness (QED) is 0.523. The van der Waals surface area contributed by atoms with Gasteiger partial charge in [-0.2, -0.15) is 4.72 Å². The van der Waals surface area contributed by atoms with Crippen LogP contribution in [0.5, 0.6) is 0 Å². The lowest BCUT2D eigenvalue weighted by atomic mass is 10.1. The molecule has 0 radical (unpaired) electrons. The Balaban J connectivity index is 2.03. The minimum absolute atomic E-state index is 0.00609. The molecule has 8 heteroatoms. The second-order valence-corrected chi connectivity index (χ2v) is 8.10. The molecule has 0 aliphatic heterocycles. The zero-order valence-corrected chi connectivity index (χ0v) is 15.5. The molecule has 3 N–H and O–H groups in total. The summed E-state index contributed by atoms with van der Waals surface area (Å²) >= 11 is 0. The topological polar surface area (TPSA) is 112 Å². The first-order chi connectivity index (χ1) is 12.2. The van der Waals surface area contributed by atoms with Crippen LogP contribution in [0.2, 0.25) is 0 Å². The molecule has 0 bridgehead atoms. The molecule has 3 aromatic rings. The molecular formula is C18H20N2O5S. The third-order valence-electron chi connectivity index (χ3n) is 4.18. The number of carbonyl (C=O) groups is 1. The third kappa shape index (κ3) is 3.25. The number of sulfonamides is 1. The van der Waals surface area contributed by atoms with E-state index in [0.717, 1.165) is 10.8 Å². The standard InChI is InChI=1S/C18H20N2O5S/c1-10(2)17(18(21)24-3)20-26(22,23)12-5-6-13-14-8-11(19)4-7-15(14)25-16(13)9-12/h4-10,17,20H,19H2,1-3H3/t17-/m0/s1. The molecule has 1 atom stereocenters. The van der Waals surface area contributed by atoms with E-state index in [1.165, 1.54) is 19.2 Å². The van der Waals surface area contributed by atoms with Crippen LogP contribution in [-0.2, 0) is 19.6 Å². The minimum Gasteiger partial charge on any atom is -0.468 e. The van der Waals surface area contributed by atoms with Gasteiger partial charge in [-0.3, -0.25) is 4.79 Å². The number of carbonyl (C=O) groups excluding carboxylic acids is 1. The number of ether oxygens (including phenoxy) is 1. The van der Waals surface area contributed by atoms with E-state index in [0.29, 0.717) is 16.9 Å². The van der Waals surface area contributed by atoms with Gasteiger partial charge < -0.3 is 14.9 Å². The van der Waals surface area contributed by atoms with Gasteiger partial charge >= 0.3 is 5.97 Å². The number of furan rings is 1. The van der Waals surface area contributed by atoms with Gasteiger partial charge in [-0.1, -0.05) is 13.8 Å². The van der Waals surface area contributed by atoms with Crippen molar-refractivity contribution in [2.45, 2.75) is 24.8 Å². The van der Waals surface area contributed by atoms with Crippen LogP contribution in [0, 0.1) is 5.92 Å². The van der Waals surface area contributed by atoms with Crippen LogP contribution >= 0.6 is 0 Å². The predicted octanol–water partition coefficient (Wildman–Crippen LogP) is 2.64. The van der Waals surface area contributed by atoms with Gasteiger partial charge in [0.2, 0.25) is 10.0 Å². The molecule has 1 aromatic heterocycles. The molecule has 26 heavy (non-hydrogen) atoms. The maximum Gasteiger partial charge on any atom is 0.324 e. The number of methoxy groups -OCH3 is 1. The van der Waals surface area contributed by atoms with E-state index in [2.05, 4.69) is 9.46 Å².